The van der Waals surface area contributed by atoms with Gasteiger partial charge in [0.15, 0.2) is 0 Å². The zero-order valence-electron chi connectivity index (χ0n) is 9.69. The first-order valence-corrected chi connectivity index (χ1v) is 5.76. The second-order valence-electron chi connectivity index (χ2n) is 4.16. The molecule has 92 valence electrons. The van der Waals surface area contributed by atoms with E-state index in [1.165, 1.54) is 0 Å². The first-order valence-electron chi connectivity index (χ1n) is 5.76. The lowest BCUT2D eigenvalue weighted by molar-refractivity contribution is 0.0490. The molecule has 0 saturated carbocycles. The highest BCUT2D eigenvalue weighted by Crippen LogP contribution is 2.17. The maximum atomic E-state index is 7.34. The standard InChI is InChI=1S/C12H17N3O2/c13-12(14)10-1-4-15-11(7-10)17-8-9-2-5-16-6-3-9/h1,4,7,9H,2-3,5-6,8H2,(H3,13,14). The van der Waals surface area contributed by atoms with E-state index >= 15 is 0 Å². The number of aromatic nitrogens is 1. The predicted molar refractivity (Wildman–Crippen MR) is 64.3 cm³/mol. The molecule has 5 heteroatoms. The highest BCUT2D eigenvalue weighted by Gasteiger charge is 2.14. The summed E-state index contributed by atoms with van der Waals surface area (Å²) in [6.07, 6.45) is 3.68. The Labute approximate surface area is 100 Å². The van der Waals surface area contributed by atoms with Crippen molar-refractivity contribution in [3.8, 4) is 5.88 Å². The summed E-state index contributed by atoms with van der Waals surface area (Å²) in [5.74, 6) is 1.10. The largest absolute Gasteiger partial charge is 0.477 e. The lowest BCUT2D eigenvalue weighted by atomic mass is 10.0. The number of amidine groups is 1. The Morgan fingerprint density at radius 1 is 1.53 bits per heavy atom. The highest BCUT2D eigenvalue weighted by molar-refractivity contribution is 5.95. The second kappa shape index (κ2) is 5.63. The molecule has 2 heterocycles. The van der Waals surface area contributed by atoms with Crippen LogP contribution in [0, 0.1) is 11.3 Å². The molecule has 1 aromatic rings. The first kappa shape index (κ1) is 11.9. The Bertz CT molecular complexity index is 389. The minimum absolute atomic E-state index is 0.0308. The normalized spacial score (nSPS) is 16.7. The van der Waals surface area contributed by atoms with Gasteiger partial charge in [-0.2, -0.15) is 0 Å². The van der Waals surface area contributed by atoms with Crippen LogP contribution in [0.25, 0.3) is 0 Å². The molecule has 3 N–H and O–H groups in total. The number of ether oxygens (including phenoxy) is 2. The molecule has 1 aromatic heterocycles. The van der Waals surface area contributed by atoms with E-state index in [0.29, 0.717) is 24.0 Å². The summed E-state index contributed by atoms with van der Waals surface area (Å²) < 4.78 is 10.9. The van der Waals surface area contributed by atoms with Crippen LogP contribution in [-0.4, -0.2) is 30.6 Å². The smallest absolute Gasteiger partial charge is 0.213 e. The van der Waals surface area contributed by atoms with Gasteiger partial charge in [0.05, 0.1) is 6.61 Å². The number of nitrogens with two attached hydrogens (primary N) is 1. The van der Waals surface area contributed by atoms with Crippen LogP contribution in [0.5, 0.6) is 5.88 Å². The quantitative estimate of drug-likeness (QED) is 0.606. The topological polar surface area (TPSA) is 81.2 Å². The van der Waals surface area contributed by atoms with E-state index in [1.54, 1.807) is 18.3 Å². The molecule has 17 heavy (non-hydrogen) atoms. The van der Waals surface area contributed by atoms with Crippen molar-refractivity contribution < 1.29 is 9.47 Å². The van der Waals surface area contributed by atoms with Crippen molar-refractivity contribution >= 4 is 5.84 Å². The number of pyridine rings is 1. The van der Waals surface area contributed by atoms with E-state index in [0.717, 1.165) is 26.1 Å². The molecule has 2 rings (SSSR count). The van der Waals surface area contributed by atoms with Gasteiger partial charge >= 0.3 is 0 Å². The fourth-order valence-electron chi connectivity index (χ4n) is 1.77. The van der Waals surface area contributed by atoms with Gasteiger partial charge in [0, 0.05) is 31.0 Å². The number of rotatable bonds is 4. The molecule has 5 nitrogen and oxygen atoms in total. The van der Waals surface area contributed by atoms with Gasteiger partial charge in [0.1, 0.15) is 5.84 Å². The highest BCUT2D eigenvalue weighted by atomic mass is 16.5. The molecule has 0 unspecified atom stereocenters. The molecule has 0 spiro atoms. The number of nitrogens with zero attached hydrogens (tertiary/aromatic N) is 1. The summed E-state index contributed by atoms with van der Waals surface area (Å²) >= 11 is 0. The van der Waals surface area contributed by atoms with Gasteiger partial charge in [-0.25, -0.2) is 4.98 Å². The third-order valence-corrected chi connectivity index (χ3v) is 2.85. The fraction of sp³-hybridized carbons (Fsp3) is 0.500. The average molecular weight is 235 g/mol. The van der Waals surface area contributed by atoms with Crippen molar-refractivity contribution in [2.24, 2.45) is 11.7 Å². The van der Waals surface area contributed by atoms with Crippen molar-refractivity contribution in [1.29, 1.82) is 5.41 Å². The van der Waals surface area contributed by atoms with Crippen LogP contribution in [0.15, 0.2) is 18.3 Å². The van der Waals surface area contributed by atoms with E-state index in [2.05, 4.69) is 4.98 Å². The lowest BCUT2D eigenvalue weighted by Crippen LogP contribution is -2.21. The molecular formula is C12H17N3O2. The number of hydrogen-bond acceptors (Lipinski definition) is 4. The van der Waals surface area contributed by atoms with Gasteiger partial charge in [0.25, 0.3) is 0 Å². The van der Waals surface area contributed by atoms with Gasteiger partial charge in [-0.3, -0.25) is 5.41 Å². The first-order chi connectivity index (χ1) is 8.25. The van der Waals surface area contributed by atoms with E-state index in [4.69, 9.17) is 20.6 Å². The summed E-state index contributed by atoms with van der Waals surface area (Å²) in [7, 11) is 0. The summed E-state index contributed by atoms with van der Waals surface area (Å²) in [5.41, 5.74) is 6.05. The van der Waals surface area contributed by atoms with Gasteiger partial charge in [-0.05, 0) is 24.8 Å². The Kier molecular flexibility index (Phi) is 3.93. The molecular weight excluding hydrogens is 218 g/mol. The Morgan fingerprint density at radius 2 is 2.29 bits per heavy atom. The molecule has 1 aliphatic rings. The van der Waals surface area contributed by atoms with Crippen LogP contribution in [0.2, 0.25) is 0 Å². The van der Waals surface area contributed by atoms with Crippen LogP contribution >= 0.6 is 0 Å². The Morgan fingerprint density at radius 3 is 3.00 bits per heavy atom. The molecule has 0 bridgehead atoms. The summed E-state index contributed by atoms with van der Waals surface area (Å²) in [5, 5.41) is 7.34. The molecule has 0 aliphatic carbocycles. The molecule has 0 amide bonds. The minimum atomic E-state index is 0.0308. The van der Waals surface area contributed by atoms with Crippen LogP contribution in [0.4, 0.5) is 0 Å². The molecule has 0 aromatic carbocycles. The molecule has 0 radical (unpaired) electrons. The van der Waals surface area contributed by atoms with Crippen molar-refractivity contribution in [2.45, 2.75) is 12.8 Å². The lowest BCUT2D eigenvalue weighted by Gasteiger charge is -2.21. The zero-order valence-corrected chi connectivity index (χ0v) is 9.69. The van der Waals surface area contributed by atoms with Crippen LogP contribution in [-0.2, 0) is 4.74 Å². The maximum Gasteiger partial charge on any atom is 0.213 e. The monoisotopic (exact) mass is 235 g/mol. The van der Waals surface area contributed by atoms with E-state index in [-0.39, 0.29) is 5.84 Å². The van der Waals surface area contributed by atoms with E-state index in [1.807, 2.05) is 0 Å². The fourth-order valence-corrected chi connectivity index (χ4v) is 1.77. The molecule has 1 aliphatic heterocycles. The average Bonchev–Trinajstić information content (AvgIpc) is 2.38. The molecule has 0 atom stereocenters. The van der Waals surface area contributed by atoms with Crippen molar-refractivity contribution in [2.75, 3.05) is 19.8 Å². The maximum absolute atomic E-state index is 7.34. The number of hydrogen-bond donors (Lipinski definition) is 2. The van der Waals surface area contributed by atoms with Crippen molar-refractivity contribution in [3.05, 3.63) is 23.9 Å². The molecule has 1 fully saturated rings. The van der Waals surface area contributed by atoms with Gasteiger partial charge in [-0.1, -0.05) is 0 Å². The predicted octanol–water partition coefficient (Wildman–Crippen LogP) is 1.17. The summed E-state index contributed by atoms with van der Waals surface area (Å²) in [6.45, 7) is 2.28. The van der Waals surface area contributed by atoms with Crippen molar-refractivity contribution in [1.82, 2.24) is 4.98 Å². The van der Waals surface area contributed by atoms with Crippen LogP contribution in [0.1, 0.15) is 18.4 Å². The van der Waals surface area contributed by atoms with Crippen LogP contribution < -0.4 is 10.5 Å². The van der Waals surface area contributed by atoms with Gasteiger partial charge in [-0.15, -0.1) is 0 Å². The zero-order chi connectivity index (χ0) is 12.1. The summed E-state index contributed by atoms with van der Waals surface area (Å²) in [6, 6.07) is 3.39. The summed E-state index contributed by atoms with van der Waals surface area (Å²) in [4.78, 5) is 4.10. The SMILES string of the molecule is N=C(N)c1ccnc(OCC2CCOCC2)c1. The molecule has 1 saturated heterocycles. The number of nitrogen functional groups attached to an aromatic ring is 1. The Hall–Kier alpha value is -1.62. The van der Waals surface area contributed by atoms with Crippen molar-refractivity contribution in [3.63, 3.8) is 0 Å². The number of nitrogens with one attached hydrogen (secondary N) is 1. The van der Waals surface area contributed by atoms with Gasteiger partial charge in [0.2, 0.25) is 5.88 Å². The minimum Gasteiger partial charge on any atom is -0.477 e. The second-order valence-corrected chi connectivity index (χ2v) is 4.16. The third-order valence-electron chi connectivity index (χ3n) is 2.85. The van der Waals surface area contributed by atoms with E-state index in [9.17, 15) is 0 Å². The van der Waals surface area contributed by atoms with Gasteiger partial charge < -0.3 is 15.2 Å². The third kappa shape index (κ3) is 3.42. The Balaban J connectivity index is 1.89. The van der Waals surface area contributed by atoms with Crippen LogP contribution in [0.3, 0.4) is 0 Å². The van der Waals surface area contributed by atoms with E-state index < -0.39 is 0 Å².